The van der Waals surface area contributed by atoms with E-state index < -0.39 is 10.0 Å². The van der Waals surface area contributed by atoms with Gasteiger partial charge in [-0.1, -0.05) is 24.3 Å². The molecule has 0 radical (unpaired) electrons. The summed E-state index contributed by atoms with van der Waals surface area (Å²) in [6.07, 6.45) is 4.22. The Morgan fingerprint density at radius 3 is 2.81 bits per heavy atom. The summed E-state index contributed by atoms with van der Waals surface area (Å²) in [6, 6.07) is 10.8. The van der Waals surface area contributed by atoms with Gasteiger partial charge in [-0.05, 0) is 42.5 Å². The van der Waals surface area contributed by atoms with Gasteiger partial charge in [-0.2, -0.15) is 0 Å². The highest BCUT2D eigenvalue weighted by atomic mass is 32.2. The van der Waals surface area contributed by atoms with E-state index in [1.54, 1.807) is 6.07 Å². The lowest BCUT2D eigenvalue weighted by Crippen LogP contribution is -2.31. The van der Waals surface area contributed by atoms with E-state index in [1.807, 2.05) is 24.3 Å². The largest absolute Gasteiger partial charge is 0.383 e. The number of nitrogens with one attached hydrogen (secondary N) is 1. The second-order valence-electron chi connectivity index (χ2n) is 5.15. The minimum absolute atomic E-state index is 0.0223. The van der Waals surface area contributed by atoms with Crippen LogP contribution in [-0.2, 0) is 16.4 Å². The number of aryl methyl sites for hydroxylation is 1. The van der Waals surface area contributed by atoms with Gasteiger partial charge in [-0.15, -0.1) is 0 Å². The highest BCUT2D eigenvalue weighted by Crippen LogP contribution is 2.31. The van der Waals surface area contributed by atoms with Crippen molar-refractivity contribution in [3.05, 3.63) is 53.7 Å². The molecule has 0 bridgehead atoms. The molecule has 1 aromatic heterocycles. The number of hydrogen-bond acceptors (Lipinski definition) is 4. The molecule has 5 nitrogen and oxygen atoms in total. The van der Waals surface area contributed by atoms with E-state index in [-0.39, 0.29) is 16.8 Å². The second kappa shape index (κ2) is 5.46. The summed E-state index contributed by atoms with van der Waals surface area (Å²) < 4.78 is 27.8. The first-order valence-corrected chi connectivity index (χ1v) is 8.37. The number of sulfonamides is 1. The molecule has 1 unspecified atom stereocenters. The predicted molar refractivity (Wildman–Crippen MR) is 81.1 cm³/mol. The normalized spacial score (nSPS) is 18.2. The Bertz CT molecular complexity index is 759. The van der Waals surface area contributed by atoms with Gasteiger partial charge in [0.15, 0.2) is 0 Å². The average Bonchev–Trinajstić information content (AvgIpc) is 2.47. The topological polar surface area (TPSA) is 85.1 Å². The Kier molecular flexibility index (Phi) is 3.65. The SMILES string of the molecule is Nc1ncccc1S(=O)(=O)NC1CCCc2ccccc21. The average molecular weight is 303 g/mol. The summed E-state index contributed by atoms with van der Waals surface area (Å²) in [5, 5.41) is 0. The third-order valence-corrected chi connectivity index (χ3v) is 5.28. The van der Waals surface area contributed by atoms with Crippen molar-refractivity contribution in [3.8, 4) is 0 Å². The molecule has 0 fully saturated rings. The Morgan fingerprint density at radius 1 is 1.19 bits per heavy atom. The van der Waals surface area contributed by atoms with Crippen molar-refractivity contribution >= 4 is 15.8 Å². The maximum absolute atomic E-state index is 12.5. The maximum atomic E-state index is 12.5. The fourth-order valence-corrected chi connectivity index (χ4v) is 4.09. The number of nitrogen functional groups attached to an aromatic ring is 1. The molecule has 1 aliphatic rings. The van der Waals surface area contributed by atoms with E-state index in [1.165, 1.54) is 17.8 Å². The fraction of sp³-hybridized carbons (Fsp3) is 0.267. The van der Waals surface area contributed by atoms with Gasteiger partial charge in [0.05, 0.1) is 0 Å². The maximum Gasteiger partial charge on any atom is 0.244 e. The van der Waals surface area contributed by atoms with E-state index in [9.17, 15) is 8.42 Å². The van der Waals surface area contributed by atoms with Crippen LogP contribution in [0.25, 0.3) is 0 Å². The van der Waals surface area contributed by atoms with E-state index in [0.29, 0.717) is 0 Å². The van der Waals surface area contributed by atoms with Crippen LogP contribution in [0.5, 0.6) is 0 Å². The summed E-state index contributed by atoms with van der Waals surface area (Å²) in [5.74, 6) is 0.0223. The van der Waals surface area contributed by atoms with Gasteiger partial charge in [0.25, 0.3) is 0 Å². The zero-order chi connectivity index (χ0) is 14.9. The number of nitrogens with two attached hydrogens (primary N) is 1. The van der Waals surface area contributed by atoms with Gasteiger partial charge in [-0.25, -0.2) is 18.1 Å². The second-order valence-corrected chi connectivity index (χ2v) is 6.83. The lowest BCUT2D eigenvalue weighted by atomic mass is 9.88. The van der Waals surface area contributed by atoms with E-state index in [2.05, 4.69) is 9.71 Å². The van der Waals surface area contributed by atoms with E-state index in [4.69, 9.17) is 5.73 Å². The highest BCUT2D eigenvalue weighted by molar-refractivity contribution is 7.89. The number of hydrogen-bond donors (Lipinski definition) is 2. The van der Waals surface area contributed by atoms with Gasteiger partial charge in [0.2, 0.25) is 10.0 Å². The molecular formula is C15H17N3O2S. The molecule has 1 atom stereocenters. The molecule has 1 aliphatic carbocycles. The quantitative estimate of drug-likeness (QED) is 0.908. The van der Waals surface area contributed by atoms with Gasteiger partial charge >= 0.3 is 0 Å². The van der Waals surface area contributed by atoms with Crippen LogP contribution in [0.3, 0.4) is 0 Å². The van der Waals surface area contributed by atoms with Gasteiger partial charge in [0, 0.05) is 12.2 Å². The standard InChI is InChI=1S/C15H17N3O2S/c16-15-14(9-4-10-17-15)21(19,20)18-13-8-3-6-11-5-1-2-7-12(11)13/h1-2,4-5,7,9-10,13,18H,3,6,8H2,(H2,16,17). The summed E-state index contributed by atoms with van der Waals surface area (Å²) in [5.41, 5.74) is 7.93. The predicted octanol–water partition coefficient (Wildman–Crippen LogP) is 2.02. The molecule has 0 spiro atoms. The van der Waals surface area contributed by atoms with Crippen molar-refractivity contribution in [3.63, 3.8) is 0 Å². The zero-order valence-electron chi connectivity index (χ0n) is 11.5. The van der Waals surface area contributed by atoms with E-state index >= 15 is 0 Å². The van der Waals surface area contributed by atoms with Crippen LogP contribution in [0.2, 0.25) is 0 Å². The number of rotatable bonds is 3. The summed E-state index contributed by atoms with van der Waals surface area (Å²) in [4.78, 5) is 3.88. The molecule has 1 heterocycles. The number of pyridine rings is 1. The number of benzene rings is 1. The first-order valence-electron chi connectivity index (χ1n) is 6.88. The van der Waals surface area contributed by atoms with Gasteiger partial charge in [0.1, 0.15) is 10.7 Å². The zero-order valence-corrected chi connectivity index (χ0v) is 12.3. The molecule has 0 amide bonds. The van der Waals surface area contributed by atoms with Crippen molar-refractivity contribution in [2.75, 3.05) is 5.73 Å². The molecule has 110 valence electrons. The van der Waals surface area contributed by atoms with Crippen LogP contribution < -0.4 is 10.5 Å². The Hall–Kier alpha value is -1.92. The van der Waals surface area contributed by atoms with Crippen molar-refractivity contribution in [2.24, 2.45) is 0 Å². The van der Waals surface area contributed by atoms with E-state index in [0.717, 1.165) is 24.8 Å². The van der Waals surface area contributed by atoms with Crippen LogP contribution in [0.15, 0.2) is 47.5 Å². The monoisotopic (exact) mass is 303 g/mol. The lowest BCUT2D eigenvalue weighted by molar-refractivity contribution is 0.507. The van der Waals surface area contributed by atoms with Crippen molar-refractivity contribution in [1.82, 2.24) is 9.71 Å². The Labute approximate surface area is 124 Å². The Balaban J connectivity index is 1.93. The van der Waals surface area contributed by atoms with Gasteiger partial charge < -0.3 is 5.73 Å². The van der Waals surface area contributed by atoms with Crippen LogP contribution in [-0.4, -0.2) is 13.4 Å². The van der Waals surface area contributed by atoms with Crippen LogP contribution >= 0.6 is 0 Å². The third-order valence-electron chi connectivity index (χ3n) is 3.76. The molecule has 1 aromatic carbocycles. The first-order chi connectivity index (χ1) is 10.1. The molecule has 0 saturated heterocycles. The number of anilines is 1. The summed E-state index contributed by atoms with van der Waals surface area (Å²) in [6.45, 7) is 0. The summed E-state index contributed by atoms with van der Waals surface area (Å²) in [7, 11) is -3.67. The minimum Gasteiger partial charge on any atom is -0.383 e. The van der Waals surface area contributed by atoms with Crippen LogP contribution in [0, 0.1) is 0 Å². The number of fused-ring (bicyclic) bond motifs is 1. The molecule has 21 heavy (non-hydrogen) atoms. The van der Waals surface area contributed by atoms with Crippen LogP contribution in [0.4, 0.5) is 5.82 Å². The smallest absolute Gasteiger partial charge is 0.244 e. The third kappa shape index (κ3) is 2.77. The molecule has 3 N–H and O–H groups in total. The highest BCUT2D eigenvalue weighted by Gasteiger charge is 2.26. The molecule has 0 aliphatic heterocycles. The number of nitrogens with zero attached hydrogens (tertiary/aromatic N) is 1. The molecule has 6 heteroatoms. The number of aromatic nitrogens is 1. The summed E-state index contributed by atoms with van der Waals surface area (Å²) >= 11 is 0. The Morgan fingerprint density at radius 2 is 2.00 bits per heavy atom. The van der Waals surface area contributed by atoms with Crippen molar-refractivity contribution < 1.29 is 8.42 Å². The van der Waals surface area contributed by atoms with Crippen molar-refractivity contribution in [2.45, 2.75) is 30.2 Å². The molecular weight excluding hydrogens is 286 g/mol. The lowest BCUT2D eigenvalue weighted by Gasteiger charge is -2.26. The van der Waals surface area contributed by atoms with Crippen LogP contribution in [0.1, 0.15) is 30.0 Å². The minimum atomic E-state index is -3.67. The molecule has 2 aromatic rings. The first kappa shape index (κ1) is 14.0. The molecule has 0 saturated carbocycles. The van der Waals surface area contributed by atoms with Crippen molar-refractivity contribution in [1.29, 1.82) is 0 Å². The van der Waals surface area contributed by atoms with Gasteiger partial charge in [-0.3, -0.25) is 0 Å². The fourth-order valence-electron chi connectivity index (χ4n) is 2.76. The molecule has 3 rings (SSSR count).